The van der Waals surface area contributed by atoms with Crippen molar-refractivity contribution >= 4 is 24.3 Å². The molecule has 0 aromatic heterocycles. The Labute approximate surface area is 188 Å². The maximum absolute atomic E-state index is 4.57. The molecule has 2 aromatic carbocycles. The summed E-state index contributed by atoms with van der Waals surface area (Å²) in [5, 5.41) is 15.5. The number of hydrogen-bond donors (Lipinski definition) is 4. The summed E-state index contributed by atoms with van der Waals surface area (Å²) in [6.07, 6.45) is 3.97. The molecule has 8 heteroatoms. The van der Waals surface area contributed by atoms with Crippen molar-refractivity contribution in [2.24, 2.45) is 20.2 Å². The molecule has 0 radical (unpaired) electrons. The van der Waals surface area contributed by atoms with Gasteiger partial charge in [0.1, 0.15) is 0 Å². The highest BCUT2D eigenvalue weighted by Crippen LogP contribution is 2.48. The molecule has 0 amide bonds. The topological polar surface area (TPSA) is 97.6 Å². The first-order valence-electron chi connectivity index (χ1n) is 11.0. The van der Waals surface area contributed by atoms with E-state index < -0.39 is 10.8 Å². The summed E-state index contributed by atoms with van der Waals surface area (Å²) < 4.78 is 0. The summed E-state index contributed by atoms with van der Waals surface area (Å²) in [6, 6.07) is 17.1. The van der Waals surface area contributed by atoms with Crippen molar-refractivity contribution in [1.82, 2.24) is 21.5 Å². The fourth-order valence-corrected chi connectivity index (χ4v) is 4.74. The molecule has 8 nitrogen and oxygen atoms in total. The number of hydrazone groups is 2. The van der Waals surface area contributed by atoms with Crippen LogP contribution in [-0.4, -0.2) is 50.5 Å². The van der Waals surface area contributed by atoms with E-state index in [4.69, 9.17) is 0 Å². The van der Waals surface area contributed by atoms with E-state index in [-0.39, 0.29) is 0 Å². The molecule has 1 aliphatic carbocycles. The van der Waals surface area contributed by atoms with E-state index in [0.717, 1.165) is 26.2 Å². The molecule has 0 saturated carbocycles. The molecule has 5 rings (SSSR count). The van der Waals surface area contributed by atoms with Crippen LogP contribution in [-0.2, 0) is 10.8 Å². The highest BCUT2D eigenvalue weighted by atomic mass is 15.4. The van der Waals surface area contributed by atoms with Crippen LogP contribution in [0, 0.1) is 0 Å². The first-order chi connectivity index (χ1) is 15.6. The molecule has 164 valence electrons. The van der Waals surface area contributed by atoms with Gasteiger partial charge in [-0.2, -0.15) is 10.2 Å². The van der Waals surface area contributed by atoms with Gasteiger partial charge in [-0.05, 0) is 36.1 Å². The number of hydrogen-bond acceptors (Lipinski definition) is 8. The Morgan fingerprint density at radius 2 is 1.09 bits per heavy atom. The predicted molar refractivity (Wildman–Crippen MR) is 130 cm³/mol. The Morgan fingerprint density at radius 1 is 0.719 bits per heavy atom. The number of rotatable bonds is 4. The Morgan fingerprint density at radius 3 is 1.41 bits per heavy atom. The maximum atomic E-state index is 4.57. The number of nitrogens with zero attached hydrogens (tertiary/aromatic N) is 4. The third-order valence-electron chi connectivity index (χ3n) is 6.43. The Bertz CT molecular complexity index is 995. The van der Waals surface area contributed by atoms with Crippen LogP contribution in [0.25, 0.3) is 0 Å². The second-order valence-electron chi connectivity index (χ2n) is 8.55. The zero-order chi connectivity index (χ0) is 22.0. The van der Waals surface area contributed by atoms with Crippen molar-refractivity contribution in [3.05, 3.63) is 70.8 Å². The molecule has 32 heavy (non-hydrogen) atoms. The van der Waals surface area contributed by atoms with E-state index in [1.54, 1.807) is 0 Å². The number of nitrogens with one attached hydrogen (secondary N) is 4. The molecular formula is C24H28N8. The van der Waals surface area contributed by atoms with E-state index in [1.807, 2.05) is 12.4 Å². The smallest absolute Gasteiger partial charge is 0.212 e. The summed E-state index contributed by atoms with van der Waals surface area (Å²) in [7, 11) is 0. The molecular weight excluding hydrogens is 400 g/mol. The van der Waals surface area contributed by atoms with Gasteiger partial charge in [0.15, 0.2) is 0 Å². The average molecular weight is 429 g/mol. The van der Waals surface area contributed by atoms with Crippen LogP contribution in [0.5, 0.6) is 0 Å². The van der Waals surface area contributed by atoms with Crippen molar-refractivity contribution in [3.63, 3.8) is 0 Å². The quantitative estimate of drug-likeness (QED) is 0.440. The molecule has 3 aliphatic rings. The van der Waals surface area contributed by atoms with Crippen LogP contribution in [0.3, 0.4) is 0 Å². The Hall–Kier alpha value is -3.68. The molecule has 0 unspecified atom stereocenters. The third-order valence-corrected chi connectivity index (χ3v) is 6.43. The fraction of sp³-hybridized carbons (Fsp3) is 0.333. The van der Waals surface area contributed by atoms with Gasteiger partial charge in [0.2, 0.25) is 11.9 Å². The molecule has 4 N–H and O–H groups in total. The van der Waals surface area contributed by atoms with Crippen molar-refractivity contribution in [3.8, 4) is 0 Å². The molecule has 2 aliphatic heterocycles. The standard InChI is InChI=1S/C24H28N8/c1-23(15-29-31-21-25-11-12-26-21)17-7-3-5-9-19(17)24(2,20-10-6-4-8-18(20)23)16-30-32-22-27-13-14-28-22/h3-10,15-16H,11-14H2,1-2H3,(H2,25,26,31)(H2,27,28,32)/b29-15+,30-16+. The lowest BCUT2D eigenvalue weighted by Gasteiger charge is -2.43. The summed E-state index contributed by atoms with van der Waals surface area (Å²) in [5.74, 6) is 1.43. The highest BCUT2D eigenvalue weighted by Gasteiger charge is 2.44. The number of aliphatic imine (C=N–C) groups is 2. The minimum atomic E-state index is -0.406. The van der Waals surface area contributed by atoms with Crippen LogP contribution >= 0.6 is 0 Å². The molecule has 2 heterocycles. The summed E-state index contributed by atoms with van der Waals surface area (Å²) in [4.78, 5) is 8.72. The largest absolute Gasteiger partial charge is 0.353 e. The molecule has 0 atom stereocenters. The first kappa shape index (κ1) is 20.2. The van der Waals surface area contributed by atoms with Gasteiger partial charge in [0, 0.05) is 25.5 Å². The van der Waals surface area contributed by atoms with Crippen LogP contribution in [0.2, 0.25) is 0 Å². The van der Waals surface area contributed by atoms with E-state index in [1.165, 1.54) is 22.3 Å². The van der Waals surface area contributed by atoms with Crippen molar-refractivity contribution in [1.29, 1.82) is 0 Å². The maximum Gasteiger partial charge on any atom is 0.212 e. The average Bonchev–Trinajstić information content (AvgIpc) is 3.53. The van der Waals surface area contributed by atoms with Gasteiger partial charge in [0.05, 0.1) is 23.9 Å². The molecule has 0 spiro atoms. The van der Waals surface area contributed by atoms with E-state index in [0.29, 0.717) is 11.9 Å². The number of benzene rings is 2. The lowest BCUT2D eigenvalue weighted by molar-refractivity contribution is 0.646. The van der Waals surface area contributed by atoms with E-state index >= 15 is 0 Å². The second kappa shape index (κ2) is 8.11. The van der Waals surface area contributed by atoms with E-state index in [2.05, 4.69) is 104 Å². The summed E-state index contributed by atoms with van der Waals surface area (Å²) in [6.45, 7) is 7.66. The lowest BCUT2D eigenvalue weighted by Crippen LogP contribution is -2.42. The van der Waals surface area contributed by atoms with E-state index in [9.17, 15) is 0 Å². The zero-order valence-corrected chi connectivity index (χ0v) is 18.4. The van der Waals surface area contributed by atoms with Crippen LogP contribution in [0.1, 0.15) is 36.1 Å². The summed E-state index contributed by atoms with van der Waals surface area (Å²) >= 11 is 0. The predicted octanol–water partition coefficient (Wildman–Crippen LogP) is 1.68. The molecule has 0 fully saturated rings. The molecule has 2 aromatic rings. The SMILES string of the molecule is CC1(/C=N/NC2=NCCN2)c2ccccc2C(C)(/C=N/NC2=NCCN2)c2ccccc21. The first-order valence-corrected chi connectivity index (χ1v) is 11.0. The summed E-state index contributed by atoms with van der Waals surface area (Å²) in [5.41, 5.74) is 10.1. The van der Waals surface area contributed by atoms with Crippen LogP contribution < -0.4 is 21.5 Å². The second-order valence-corrected chi connectivity index (χ2v) is 8.55. The van der Waals surface area contributed by atoms with Crippen LogP contribution in [0.4, 0.5) is 0 Å². The van der Waals surface area contributed by atoms with Gasteiger partial charge in [-0.25, -0.2) is 20.8 Å². The third kappa shape index (κ3) is 3.41. The van der Waals surface area contributed by atoms with Gasteiger partial charge < -0.3 is 10.6 Å². The van der Waals surface area contributed by atoms with Gasteiger partial charge in [-0.1, -0.05) is 48.5 Å². The van der Waals surface area contributed by atoms with Crippen LogP contribution in [0.15, 0.2) is 68.7 Å². The van der Waals surface area contributed by atoms with Gasteiger partial charge in [0.25, 0.3) is 0 Å². The fourth-order valence-electron chi connectivity index (χ4n) is 4.74. The normalized spacial score (nSPS) is 26.2. The van der Waals surface area contributed by atoms with Crippen molar-refractivity contribution in [2.75, 3.05) is 26.2 Å². The lowest BCUT2D eigenvalue weighted by atomic mass is 9.59. The van der Waals surface area contributed by atoms with Gasteiger partial charge in [-0.3, -0.25) is 0 Å². The number of fused-ring (bicyclic) bond motifs is 2. The van der Waals surface area contributed by atoms with Crippen molar-refractivity contribution in [2.45, 2.75) is 24.7 Å². The zero-order valence-electron chi connectivity index (χ0n) is 18.4. The Balaban J connectivity index is 1.56. The van der Waals surface area contributed by atoms with Gasteiger partial charge >= 0.3 is 0 Å². The van der Waals surface area contributed by atoms with Gasteiger partial charge in [-0.15, -0.1) is 0 Å². The van der Waals surface area contributed by atoms with Crippen molar-refractivity contribution < 1.29 is 0 Å². The highest BCUT2D eigenvalue weighted by molar-refractivity contribution is 5.91. The monoisotopic (exact) mass is 428 g/mol. The molecule has 0 saturated heterocycles. The molecule has 0 bridgehead atoms. The minimum absolute atomic E-state index is 0.406. The Kier molecular flexibility index (Phi) is 5.13. The number of guanidine groups is 2. The minimum Gasteiger partial charge on any atom is -0.353 e.